The van der Waals surface area contributed by atoms with E-state index >= 15 is 0 Å². The lowest BCUT2D eigenvalue weighted by Crippen LogP contribution is -2.38. The molecule has 0 saturated heterocycles. The van der Waals surface area contributed by atoms with Gasteiger partial charge in [-0.05, 0) is 61.2 Å². The number of nitrogens with zero attached hydrogens (tertiary/aromatic N) is 1. The van der Waals surface area contributed by atoms with Crippen molar-refractivity contribution in [1.29, 1.82) is 0 Å². The number of hydrogen-bond acceptors (Lipinski definition) is 3. The van der Waals surface area contributed by atoms with Gasteiger partial charge in [0.2, 0.25) is 15.9 Å². The Morgan fingerprint density at radius 1 is 1.12 bits per heavy atom. The summed E-state index contributed by atoms with van der Waals surface area (Å²) in [5.74, 6) is -0.369. The molecule has 0 aliphatic carbocycles. The van der Waals surface area contributed by atoms with Crippen LogP contribution in [0.15, 0.2) is 42.5 Å². The molecule has 0 bridgehead atoms. The van der Waals surface area contributed by atoms with Crippen molar-refractivity contribution in [2.45, 2.75) is 20.3 Å². The second-order valence-corrected chi connectivity index (χ2v) is 8.82. The summed E-state index contributed by atoms with van der Waals surface area (Å²) < 4.78 is 25.2. The number of hydrogen-bond donors (Lipinski definition) is 1. The van der Waals surface area contributed by atoms with Crippen LogP contribution in [-0.2, 0) is 21.2 Å². The lowest BCUT2D eigenvalue weighted by Gasteiger charge is -2.19. The van der Waals surface area contributed by atoms with Gasteiger partial charge in [0.1, 0.15) is 0 Å². The number of carbonyl (C=O) groups is 1. The maximum atomic E-state index is 12.3. The molecule has 7 heteroatoms. The first-order valence-corrected chi connectivity index (χ1v) is 10.4. The number of benzene rings is 2. The zero-order valence-corrected chi connectivity index (χ0v) is 16.7. The van der Waals surface area contributed by atoms with Gasteiger partial charge in [-0.3, -0.25) is 4.79 Å². The van der Waals surface area contributed by atoms with E-state index in [1.807, 2.05) is 44.2 Å². The molecular formula is C19H23ClN2O3S. The molecule has 0 heterocycles. The van der Waals surface area contributed by atoms with Crippen LogP contribution in [0.2, 0.25) is 5.02 Å². The minimum Gasteiger partial charge on any atom is -0.325 e. The SMILES string of the molecule is Cc1cc(C)cc(NC(=O)CN(CCc2cccc(Cl)c2)S(C)(=O)=O)c1. The van der Waals surface area contributed by atoms with Crippen LogP contribution in [0, 0.1) is 13.8 Å². The molecule has 1 N–H and O–H groups in total. The maximum Gasteiger partial charge on any atom is 0.239 e. The Hall–Kier alpha value is -1.89. The molecule has 0 aliphatic heterocycles. The van der Waals surface area contributed by atoms with Gasteiger partial charge in [-0.1, -0.05) is 29.8 Å². The van der Waals surface area contributed by atoms with Gasteiger partial charge in [0.05, 0.1) is 12.8 Å². The molecule has 1 amide bonds. The zero-order chi connectivity index (χ0) is 19.3. The summed E-state index contributed by atoms with van der Waals surface area (Å²) in [4.78, 5) is 12.3. The Labute approximate surface area is 160 Å². The van der Waals surface area contributed by atoms with E-state index in [1.54, 1.807) is 12.1 Å². The summed E-state index contributed by atoms with van der Waals surface area (Å²) in [7, 11) is -3.51. The minimum absolute atomic E-state index is 0.208. The van der Waals surface area contributed by atoms with E-state index in [0.29, 0.717) is 17.1 Å². The fraction of sp³-hybridized carbons (Fsp3) is 0.316. The van der Waals surface area contributed by atoms with Crippen molar-refractivity contribution in [3.8, 4) is 0 Å². The molecule has 5 nitrogen and oxygen atoms in total. The van der Waals surface area contributed by atoms with E-state index in [1.165, 1.54) is 4.31 Å². The van der Waals surface area contributed by atoms with E-state index in [0.717, 1.165) is 22.9 Å². The lowest BCUT2D eigenvalue weighted by atomic mass is 10.1. The predicted octanol–water partition coefficient (Wildman–Crippen LogP) is 3.40. The second kappa shape index (κ2) is 8.66. The number of halogens is 1. The summed E-state index contributed by atoms with van der Waals surface area (Å²) in [6, 6.07) is 12.9. The molecule has 2 rings (SSSR count). The van der Waals surface area contributed by atoms with Crippen molar-refractivity contribution < 1.29 is 13.2 Å². The number of anilines is 1. The van der Waals surface area contributed by atoms with Crippen molar-refractivity contribution in [2.75, 3.05) is 24.7 Å². The number of aryl methyl sites for hydroxylation is 2. The standard InChI is InChI=1S/C19H23ClN2O3S/c1-14-9-15(2)11-18(10-14)21-19(23)13-22(26(3,24)25)8-7-16-5-4-6-17(20)12-16/h4-6,9-12H,7-8,13H2,1-3H3,(H,21,23). The topological polar surface area (TPSA) is 66.5 Å². The third kappa shape index (κ3) is 6.44. The number of amides is 1. The van der Waals surface area contributed by atoms with Crippen molar-refractivity contribution in [3.63, 3.8) is 0 Å². The first-order chi connectivity index (χ1) is 12.1. The first-order valence-electron chi connectivity index (χ1n) is 8.21. The molecule has 0 saturated carbocycles. The van der Waals surface area contributed by atoms with Crippen LogP contribution < -0.4 is 5.32 Å². The first kappa shape index (κ1) is 20.4. The molecular weight excluding hydrogens is 372 g/mol. The van der Waals surface area contributed by atoms with Crippen LogP contribution in [0.5, 0.6) is 0 Å². The van der Waals surface area contributed by atoms with Gasteiger partial charge >= 0.3 is 0 Å². The maximum absolute atomic E-state index is 12.3. The second-order valence-electron chi connectivity index (χ2n) is 6.40. The van der Waals surface area contributed by atoms with E-state index in [2.05, 4.69) is 5.32 Å². The molecule has 0 aliphatic rings. The molecule has 0 radical (unpaired) electrons. The highest BCUT2D eigenvalue weighted by molar-refractivity contribution is 7.88. The predicted molar refractivity (Wildman–Crippen MR) is 106 cm³/mol. The summed E-state index contributed by atoms with van der Waals surface area (Å²) in [5.41, 5.74) is 3.64. The Bertz CT molecular complexity index is 877. The highest BCUT2D eigenvalue weighted by atomic mass is 35.5. The fourth-order valence-electron chi connectivity index (χ4n) is 2.72. The van der Waals surface area contributed by atoms with Gasteiger partial charge in [-0.25, -0.2) is 8.42 Å². The normalized spacial score (nSPS) is 11.6. The van der Waals surface area contributed by atoms with Gasteiger partial charge in [0.15, 0.2) is 0 Å². The van der Waals surface area contributed by atoms with E-state index in [9.17, 15) is 13.2 Å². The molecule has 0 spiro atoms. The van der Waals surface area contributed by atoms with Crippen LogP contribution >= 0.6 is 11.6 Å². The highest BCUT2D eigenvalue weighted by Gasteiger charge is 2.20. The third-order valence-corrected chi connectivity index (χ3v) is 5.32. The summed E-state index contributed by atoms with van der Waals surface area (Å²) in [6.45, 7) is 3.86. The van der Waals surface area contributed by atoms with Gasteiger partial charge < -0.3 is 5.32 Å². The molecule has 2 aromatic rings. The third-order valence-electron chi connectivity index (χ3n) is 3.83. The molecule has 0 unspecified atom stereocenters. The summed E-state index contributed by atoms with van der Waals surface area (Å²) in [6.07, 6.45) is 1.58. The van der Waals surface area contributed by atoms with Crippen LogP contribution in [0.3, 0.4) is 0 Å². The van der Waals surface area contributed by atoms with Crippen molar-refractivity contribution in [1.82, 2.24) is 4.31 Å². The van der Waals surface area contributed by atoms with Crippen molar-refractivity contribution >= 4 is 33.2 Å². The van der Waals surface area contributed by atoms with Crippen LogP contribution in [0.1, 0.15) is 16.7 Å². The van der Waals surface area contributed by atoms with Crippen molar-refractivity contribution in [2.24, 2.45) is 0 Å². The number of sulfonamides is 1. The Morgan fingerprint density at radius 3 is 2.35 bits per heavy atom. The Kier molecular flexibility index (Phi) is 6.81. The molecule has 0 aromatic heterocycles. The number of nitrogens with one attached hydrogen (secondary N) is 1. The van der Waals surface area contributed by atoms with E-state index < -0.39 is 10.0 Å². The van der Waals surface area contributed by atoms with Crippen molar-refractivity contribution in [3.05, 3.63) is 64.2 Å². The highest BCUT2D eigenvalue weighted by Crippen LogP contribution is 2.15. The molecule has 140 valence electrons. The van der Waals surface area contributed by atoms with E-state index in [-0.39, 0.29) is 19.0 Å². The van der Waals surface area contributed by atoms with Crippen LogP contribution in [-0.4, -0.2) is 38.0 Å². The van der Waals surface area contributed by atoms with Gasteiger partial charge in [0.25, 0.3) is 0 Å². The largest absolute Gasteiger partial charge is 0.325 e. The molecule has 0 atom stereocenters. The summed E-state index contributed by atoms with van der Waals surface area (Å²) in [5, 5.41) is 3.37. The Balaban J connectivity index is 2.04. The smallest absolute Gasteiger partial charge is 0.239 e. The minimum atomic E-state index is -3.51. The molecule has 0 fully saturated rings. The van der Waals surface area contributed by atoms with Crippen LogP contribution in [0.25, 0.3) is 0 Å². The van der Waals surface area contributed by atoms with Gasteiger partial charge in [-0.15, -0.1) is 0 Å². The van der Waals surface area contributed by atoms with E-state index in [4.69, 9.17) is 11.6 Å². The summed E-state index contributed by atoms with van der Waals surface area (Å²) >= 11 is 5.95. The Morgan fingerprint density at radius 2 is 1.77 bits per heavy atom. The average Bonchev–Trinajstić information content (AvgIpc) is 2.49. The fourth-order valence-corrected chi connectivity index (χ4v) is 3.70. The number of carbonyl (C=O) groups excluding carboxylic acids is 1. The van der Waals surface area contributed by atoms with Gasteiger partial charge in [0, 0.05) is 17.3 Å². The lowest BCUT2D eigenvalue weighted by molar-refractivity contribution is -0.116. The monoisotopic (exact) mass is 394 g/mol. The quantitative estimate of drug-likeness (QED) is 0.782. The number of rotatable bonds is 7. The zero-order valence-electron chi connectivity index (χ0n) is 15.1. The molecule has 2 aromatic carbocycles. The molecule has 26 heavy (non-hydrogen) atoms. The average molecular weight is 395 g/mol. The van der Waals surface area contributed by atoms with Crippen LogP contribution in [0.4, 0.5) is 5.69 Å². The van der Waals surface area contributed by atoms with Gasteiger partial charge in [-0.2, -0.15) is 4.31 Å².